The van der Waals surface area contributed by atoms with E-state index in [1.807, 2.05) is 0 Å². The van der Waals surface area contributed by atoms with Crippen molar-refractivity contribution in [2.24, 2.45) is 0 Å². The molecule has 13 heavy (non-hydrogen) atoms. The van der Waals surface area contributed by atoms with Gasteiger partial charge in [-0.1, -0.05) is 0 Å². The summed E-state index contributed by atoms with van der Waals surface area (Å²) in [5.41, 5.74) is 2.98. The number of hydrogen-bond acceptors (Lipinski definition) is 1. The van der Waals surface area contributed by atoms with Crippen LogP contribution in [0.15, 0.2) is 35.7 Å². The van der Waals surface area contributed by atoms with E-state index in [1.165, 1.54) is 17.9 Å². The molecule has 1 atom stereocenters. The summed E-state index contributed by atoms with van der Waals surface area (Å²) < 4.78 is 1.12. The maximum atomic E-state index is 3.46. The van der Waals surface area contributed by atoms with Crippen molar-refractivity contribution >= 4 is 0 Å². The van der Waals surface area contributed by atoms with Gasteiger partial charge in [0, 0.05) is 37.4 Å². The Morgan fingerprint density at radius 3 is 2.54 bits per heavy atom. The molecule has 68 valence electrons. The average Bonchev–Trinajstić information content (AvgIpc) is 2.67. The van der Waals surface area contributed by atoms with E-state index in [9.17, 15) is 0 Å². The lowest BCUT2D eigenvalue weighted by Gasteiger charge is -2.42. The Morgan fingerprint density at radius 1 is 1.31 bits per heavy atom. The van der Waals surface area contributed by atoms with Crippen LogP contribution in [0.3, 0.4) is 0 Å². The molecule has 0 aromatic rings. The van der Waals surface area contributed by atoms with Crippen molar-refractivity contribution in [3.8, 4) is 0 Å². The van der Waals surface area contributed by atoms with Gasteiger partial charge < -0.3 is 5.32 Å². The van der Waals surface area contributed by atoms with Gasteiger partial charge in [-0.15, -0.1) is 0 Å². The third-order valence-corrected chi connectivity index (χ3v) is 3.60. The molecule has 0 radical (unpaired) electrons. The van der Waals surface area contributed by atoms with Crippen molar-refractivity contribution in [2.45, 2.75) is 13.0 Å². The Morgan fingerprint density at radius 2 is 2.00 bits per heavy atom. The van der Waals surface area contributed by atoms with Gasteiger partial charge in [0.2, 0.25) is 0 Å². The van der Waals surface area contributed by atoms with Crippen LogP contribution in [-0.4, -0.2) is 30.2 Å². The van der Waals surface area contributed by atoms with Crippen molar-refractivity contribution in [1.82, 2.24) is 5.32 Å². The second-order valence-corrected chi connectivity index (χ2v) is 4.16. The molecule has 3 aliphatic heterocycles. The van der Waals surface area contributed by atoms with Gasteiger partial charge in [-0.25, -0.2) is 0 Å². The second kappa shape index (κ2) is 2.34. The minimum atomic E-state index is 0.684. The molecule has 1 fully saturated rings. The van der Waals surface area contributed by atoms with Gasteiger partial charge in [-0.05, 0) is 6.92 Å². The van der Waals surface area contributed by atoms with Crippen molar-refractivity contribution in [2.75, 3.05) is 19.6 Å². The molecular weight excluding hydrogens is 160 g/mol. The topological polar surface area (TPSA) is 12.0 Å². The van der Waals surface area contributed by atoms with Gasteiger partial charge in [0.1, 0.15) is 24.0 Å². The van der Waals surface area contributed by atoms with Crippen LogP contribution in [0.25, 0.3) is 0 Å². The van der Waals surface area contributed by atoms with E-state index in [0.717, 1.165) is 17.6 Å². The Hall–Kier alpha value is -0.860. The molecule has 1 saturated heterocycles. The molecule has 1 unspecified atom stereocenters. The summed E-state index contributed by atoms with van der Waals surface area (Å²) in [4.78, 5) is 0. The third-order valence-electron chi connectivity index (χ3n) is 3.60. The number of nitrogens with zero attached hydrogens (tertiary/aromatic N) is 1. The predicted molar refractivity (Wildman–Crippen MR) is 52.8 cm³/mol. The quantitative estimate of drug-likeness (QED) is 0.544. The molecule has 3 aliphatic rings. The van der Waals surface area contributed by atoms with Gasteiger partial charge in [0.15, 0.2) is 0 Å². The number of nitrogens with one attached hydrogen (secondary N) is 1. The lowest BCUT2D eigenvalue weighted by Crippen LogP contribution is -2.59. The summed E-state index contributed by atoms with van der Waals surface area (Å²) in [5.74, 6) is 0. The van der Waals surface area contributed by atoms with Crippen LogP contribution in [-0.2, 0) is 0 Å². The van der Waals surface area contributed by atoms with E-state index in [0.29, 0.717) is 6.04 Å². The van der Waals surface area contributed by atoms with Crippen LogP contribution in [0, 0.1) is 0 Å². The zero-order valence-corrected chi connectivity index (χ0v) is 7.96. The van der Waals surface area contributed by atoms with E-state index >= 15 is 0 Å². The largest absolute Gasteiger partial charge is 0.306 e. The van der Waals surface area contributed by atoms with Gasteiger partial charge in [0.25, 0.3) is 0 Å². The van der Waals surface area contributed by atoms with Crippen molar-refractivity contribution in [3.05, 3.63) is 35.7 Å². The minimum Gasteiger partial charge on any atom is -0.306 e. The summed E-state index contributed by atoms with van der Waals surface area (Å²) >= 11 is 0. The van der Waals surface area contributed by atoms with Crippen LogP contribution >= 0.6 is 0 Å². The fraction of sp³-hybridized carbons (Fsp3) is 0.455. The molecule has 0 amide bonds. The summed E-state index contributed by atoms with van der Waals surface area (Å²) in [6.07, 6.45) is 9.10. The number of rotatable bonds is 0. The molecular formula is C11H15N2+. The lowest BCUT2D eigenvalue weighted by atomic mass is 10.1. The first-order chi connectivity index (χ1) is 6.34. The predicted octanol–water partition coefficient (Wildman–Crippen LogP) is 1.15. The van der Waals surface area contributed by atoms with Crippen molar-refractivity contribution in [3.63, 3.8) is 0 Å². The fourth-order valence-electron chi connectivity index (χ4n) is 2.84. The summed E-state index contributed by atoms with van der Waals surface area (Å²) in [6, 6.07) is 0.684. The Balaban J connectivity index is 2.07. The van der Waals surface area contributed by atoms with Crippen LogP contribution in [0.1, 0.15) is 6.92 Å². The molecule has 2 bridgehead atoms. The fourth-order valence-corrected chi connectivity index (χ4v) is 2.84. The first-order valence-electron chi connectivity index (χ1n) is 5.04. The first kappa shape index (κ1) is 7.54. The molecule has 2 nitrogen and oxygen atoms in total. The van der Waals surface area contributed by atoms with Gasteiger partial charge in [-0.3, -0.25) is 4.48 Å². The van der Waals surface area contributed by atoms with E-state index in [2.05, 4.69) is 36.5 Å². The van der Waals surface area contributed by atoms with Gasteiger partial charge >= 0.3 is 0 Å². The van der Waals surface area contributed by atoms with Crippen LogP contribution in [0.5, 0.6) is 0 Å². The number of allylic oxidation sites excluding steroid dienone is 4. The zero-order chi connectivity index (χ0) is 8.89. The van der Waals surface area contributed by atoms with E-state index in [-0.39, 0.29) is 0 Å². The van der Waals surface area contributed by atoms with E-state index in [1.54, 1.807) is 0 Å². The highest BCUT2D eigenvalue weighted by molar-refractivity contribution is 5.41. The second-order valence-electron chi connectivity index (χ2n) is 4.16. The van der Waals surface area contributed by atoms with Crippen LogP contribution in [0.2, 0.25) is 0 Å². The highest BCUT2D eigenvalue weighted by atomic mass is 15.4. The Kier molecular flexibility index (Phi) is 1.35. The molecule has 3 rings (SSSR count). The highest BCUT2D eigenvalue weighted by Crippen LogP contribution is 2.41. The zero-order valence-electron chi connectivity index (χ0n) is 7.96. The van der Waals surface area contributed by atoms with Gasteiger partial charge in [0.05, 0.1) is 0 Å². The smallest absolute Gasteiger partial charge is 0.138 e. The average molecular weight is 175 g/mol. The third kappa shape index (κ3) is 0.754. The van der Waals surface area contributed by atoms with Gasteiger partial charge in [-0.2, -0.15) is 0 Å². The number of quaternary nitrogens is 1. The molecule has 0 saturated carbocycles. The molecule has 0 aromatic carbocycles. The molecule has 0 aromatic heterocycles. The van der Waals surface area contributed by atoms with Crippen LogP contribution in [0.4, 0.5) is 0 Å². The Labute approximate surface area is 78.8 Å². The van der Waals surface area contributed by atoms with E-state index < -0.39 is 0 Å². The van der Waals surface area contributed by atoms with Crippen molar-refractivity contribution in [1.29, 1.82) is 0 Å². The normalized spacial score (nSPS) is 33.8. The van der Waals surface area contributed by atoms with E-state index in [4.69, 9.17) is 0 Å². The molecule has 2 heteroatoms. The molecule has 3 heterocycles. The summed E-state index contributed by atoms with van der Waals surface area (Å²) in [6.45, 7) is 5.83. The maximum absolute atomic E-state index is 3.46. The molecule has 1 N–H and O–H groups in total. The summed E-state index contributed by atoms with van der Waals surface area (Å²) in [5, 5.41) is 3.46. The lowest BCUT2D eigenvalue weighted by molar-refractivity contribution is -0.869. The maximum Gasteiger partial charge on any atom is 0.138 e. The Bertz CT molecular complexity index is 314. The highest BCUT2D eigenvalue weighted by Gasteiger charge is 2.47. The standard InChI is InChI=1S/C11H15N2/c1-9-8-12-6-7-13(9)10-2-3-11(13)5-4-10/h2-5,9,12H,6-8H2,1H3/q+1. The SMILES string of the molecule is CC1CNCC[N+]12C1=CC=C2C=C1. The first-order valence-corrected chi connectivity index (χ1v) is 5.04. The minimum absolute atomic E-state index is 0.684. The monoisotopic (exact) mass is 175 g/mol. The van der Waals surface area contributed by atoms with Crippen molar-refractivity contribution < 1.29 is 4.48 Å². The van der Waals surface area contributed by atoms with Crippen LogP contribution < -0.4 is 5.32 Å². The summed E-state index contributed by atoms with van der Waals surface area (Å²) in [7, 11) is 0. The molecule has 1 spiro atoms. The number of piperazine rings is 1. The number of hydrogen-bond donors (Lipinski definition) is 1. The molecule has 0 aliphatic carbocycles.